The maximum atomic E-state index is 13.0. The van der Waals surface area contributed by atoms with Crippen LogP contribution in [0.25, 0.3) is 0 Å². The first kappa shape index (κ1) is 86.1. The predicted octanol–water partition coefficient (Wildman–Crippen LogP) is 19.7. The van der Waals surface area contributed by atoms with Crippen molar-refractivity contribution >= 4 is 39.5 Å². The highest BCUT2D eigenvalue weighted by molar-refractivity contribution is 7.47. The third kappa shape index (κ3) is 61.6. The van der Waals surface area contributed by atoms with E-state index in [1.807, 2.05) is 0 Å². The summed E-state index contributed by atoms with van der Waals surface area (Å²) in [6.07, 6.45) is 48.7. The molecule has 0 aliphatic heterocycles. The van der Waals surface area contributed by atoms with Gasteiger partial charge in [-0.1, -0.05) is 304 Å². The molecule has 0 rings (SSSR count). The van der Waals surface area contributed by atoms with Gasteiger partial charge >= 0.3 is 39.5 Å². The van der Waals surface area contributed by atoms with E-state index in [0.717, 1.165) is 115 Å². The minimum Gasteiger partial charge on any atom is -0.462 e. The Labute approximate surface area is 537 Å². The topological polar surface area (TPSA) is 237 Å². The van der Waals surface area contributed by atoms with Crippen molar-refractivity contribution in [3.05, 3.63) is 0 Å². The fourth-order valence-corrected chi connectivity index (χ4v) is 12.0. The average Bonchev–Trinajstić information content (AvgIpc) is 3.54. The second kappa shape index (κ2) is 62.5. The number of unbranched alkanes of at least 4 members (excludes halogenated alkanes) is 40. The zero-order valence-corrected chi connectivity index (χ0v) is 58.6. The molecule has 0 aliphatic carbocycles. The van der Waals surface area contributed by atoms with Crippen LogP contribution in [0.3, 0.4) is 0 Å². The van der Waals surface area contributed by atoms with Gasteiger partial charge in [0, 0.05) is 25.7 Å². The van der Waals surface area contributed by atoms with Crippen LogP contribution in [0, 0.1) is 5.92 Å². The van der Waals surface area contributed by atoms with Crippen LogP contribution in [0.1, 0.15) is 356 Å². The lowest BCUT2D eigenvalue weighted by Crippen LogP contribution is -2.30. The number of aliphatic hydroxyl groups excluding tert-OH is 1. The number of carbonyl (C=O) groups excluding carboxylic acids is 4. The van der Waals surface area contributed by atoms with Crippen LogP contribution >= 0.6 is 15.6 Å². The molecule has 0 amide bonds. The van der Waals surface area contributed by atoms with Crippen molar-refractivity contribution < 1.29 is 80.2 Å². The Morgan fingerprint density at radius 1 is 0.318 bits per heavy atom. The Morgan fingerprint density at radius 2 is 0.545 bits per heavy atom. The molecule has 88 heavy (non-hydrogen) atoms. The van der Waals surface area contributed by atoms with Gasteiger partial charge in [0.05, 0.1) is 26.4 Å². The highest BCUT2D eigenvalue weighted by Crippen LogP contribution is 2.45. The highest BCUT2D eigenvalue weighted by atomic mass is 31.2. The first-order valence-corrected chi connectivity index (χ1v) is 39.2. The summed E-state index contributed by atoms with van der Waals surface area (Å²) in [6, 6.07) is 0. The summed E-state index contributed by atoms with van der Waals surface area (Å²) in [5.41, 5.74) is 0. The van der Waals surface area contributed by atoms with Gasteiger partial charge in [-0.25, -0.2) is 9.13 Å². The van der Waals surface area contributed by atoms with Crippen molar-refractivity contribution in [2.24, 2.45) is 5.92 Å². The molecule has 3 unspecified atom stereocenters. The molecular formula is C69H134O17P2. The van der Waals surface area contributed by atoms with Gasteiger partial charge in [0.15, 0.2) is 12.2 Å². The monoisotopic (exact) mass is 1300 g/mol. The Bertz CT molecular complexity index is 1710. The molecule has 0 fully saturated rings. The number of rotatable bonds is 69. The lowest BCUT2D eigenvalue weighted by Gasteiger charge is -2.21. The summed E-state index contributed by atoms with van der Waals surface area (Å²) in [6.45, 7) is 7.23. The van der Waals surface area contributed by atoms with Crippen molar-refractivity contribution in [3.63, 3.8) is 0 Å². The second-order valence-corrected chi connectivity index (χ2v) is 28.1. The molecule has 0 heterocycles. The number of ether oxygens (including phenoxy) is 4. The fraction of sp³-hybridized carbons (Fsp3) is 0.942. The van der Waals surface area contributed by atoms with Gasteiger partial charge in [0.2, 0.25) is 0 Å². The van der Waals surface area contributed by atoms with Crippen molar-refractivity contribution in [2.75, 3.05) is 39.6 Å². The number of carbonyl (C=O) groups is 4. The van der Waals surface area contributed by atoms with Gasteiger partial charge in [-0.2, -0.15) is 0 Å². The lowest BCUT2D eigenvalue weighted by atomic mass is 9.99. The second-order valence-electron chi connectivity index (χ2n) is 25.2. The van der Waals surface area contributed by atoms with E-state index in [0.29, 0.717) is 25.7 Å². The van der Waals surface area contributed by atoms with Crippen LogP contribution in [-0.2, 0) is 65.4 Å². The number of hydrogen-bond donors (Lipinski definition) is 3. The van der Waals surface area contributed by atoms with Crippen LogP contribution in [0.5, 0.6) is 0 Å². The Kier molecular flexibility index (Phi) is 61.1. The number of hydrogen-bond acceptors (Lipinski definition) is 15. The third-order valence-electron chi connectivity index (χ3n) is 16.4. The molecule has 0 saturated carbocycles. The van der Waals surface area contributed by atoms with Crippen molar-refractivity contribution in [1.29, 1.82) is 0 Å². The van der Waals surface area contributed by atoms with E-state index in [-0.39, 0.29) is 25.7 Å². The molecule has 19 heteroatoms. The van der Waals surface area contributed by atoms with Crippen molar-refractivity contribution in [2.45, 2.75) is 374 Å². The fourth-order valence-electron chi connectivity index (χ4n) is 10.4. The maximum Gasteiger partial charge on any atom is 0.472 e. The van der Waals surface area contributed by atoms with Crippen molar-refractivity contribution in [1.82, 2.24) is 0 Å². The molecule has 17 nitrogen and oxygen atoms in total. The van der Waals surface area contributed by atoms with Crippen LogP contribution in [0.4, 0.5) is 0 Å². The number of phosphoric acid groups is 2. The van der Waals surface area contributed by atoms with E-state index < -0.39 is 97.5 Å². The van der Waals surface area contributed by atoms with Crippen LogP contribution in [0.15, 0.2) is 0 Å². The predicted molar refractivity (Wildman–Crippen MR) is 354 cm³/mol. The largest absolute Gasteiger partial charge is 0.472 e. The molecule has 0 aliphatic rings. The SMILES string of the molecule is CCCCCCCCCCCCCCCCCC(=O)OC[C@H](COP(=O)(O)OC[C@@H](O)COP(=O)(O)OC[C@@H](COC(=O)CCCCCCCCC)OC(=O)CCCCCCCCCC)OC(=O)CCCCCCCCCCCCCCCCC(C)CC. The minimum absolute atomic E-state index is 0.105. The van der Waals surface area contributed by atoms with Crippen molar-refractivity contribution in [3.8, 4) is 0 Å². The molecular weight excluding hydrogens is 1160 g/mol. The third-order valence-corrected chi connectivity index (χ3v) is 18.3. The van der Waals surface area contributed by atoms with Crippen LogP contribution in [0.2, 0.25) is 0 Å². The van der Waals surface area contributed by atoms with Gasteiger partial charge in [-0.05, 0) is 31.6 Å². The summed E-state index contributed by atoms with van der Waals surface area (Å²) in [5.74, 6) is -1.28. The van der Waals surface area contributed by atoms with Gasteiger partial charge in [-0.3, -0.25) is 37.3 Å². The van der Waals surface area contributed by atoms with E-state index in [2.05, 4.69) is 34.6 Å². The smallest absolute Gasteiger partial charge is 0.462 e. The van der Waals surface area contributed by atoms with E-state index in [1.165, 1.54) is 161 Å². The lowest BCUT2D eigenvalue weighted by molar-refractivity contribution is -0.161. The molecule has 0 aromatic rings. The molecule has 0 saturated heterocycles. The zero-order valence-electron chi connectivity index (χ0n) is 56.9. The number of esters is 4. The van der Waals surface area contributed by atoms with Crippen LogP contribution < -0.4 is 0 Å². The van der Waals surface area contributed by atoms with E-state index in [1.54, 1.807) is 0 Å². The molecule has 522 valence electrons. The number of aliphatic hydroxyl groups is 1. The highest BCUT2D eigenvalue weighted by Gasteiger charge is 2.30. The summed E-state index contributed by atoms with van der Waals surface area (Å²) >= 11 is 0. The summed E-state index contributed by atoms with van der Waals surface area (Å²) in [5, 5.41) is 10.5. The summed E-state index contributed by atoms with van der Waals surface area (Å²) < 4.78 is 68.1. The molecule has 3 N–H and O–H groups in total. The Hall–Kier alpha value is -1.94. The minimum atomic E-state index is -4.95. The zero-order chi connectivity index (χ0) is 64.9. The quantitative estimate of drug-likeness (QED) is 0.0222. The maximum absolute atomic E-state index is 13.0. The van der Waals surface area contributed by atoms with E-state index in [4.69, 9.17) is 37.0 Å². The standard InChI is InChI=1S/C69H134O17P2/c1-6-10-13-16-19-21-22-23-24-28-31-34-39-43-48-53-67(72)80-59-65(86-69(74)55-50-45-40-35-32-29-26-25-27-30-33-37-41-46-51-62(5)9-4)61-84-88(77,78)82-57-63(70)56-81-87(75,76)83-60-64(58-79-66(71)52-47-42-36-18-15-12-8-3)85-68(73)54-49-44-38-20-17-14-11-7-2/h62-65,70H,6-61H2,1-5H3,(H,75,76)(H,77,78)/t62?,63-,64+,65+/m0/s1. The first-order chi connectivity index (χ1) is 42.6. The normalized spacial score (nSPS) is 14.4. The Balaban J connectivity index is 5.17. The molecule has 0 aromatic heterocycles. The van der Waals surface area contributed by atoms with E-state index >= 15 is 0 Å². The molecule has 6 atom stereocenters. The molecule has 0 bridgehead atoms. The molecule has 0 radical (unpaired) electrons. The van der Waals surface area contributed by atoms with Crippen LogP contribution in [-0.4, -0.2) is 96.7 Å². The summed E-state index contributed by atoms with van der Waals surface area (Å²) in [7, 11) is -9.89. The van der Waals surface area contributed by atoms with E-state index in [9.17, 15) is 43.2 Å². The number of phosphoric ester groups is 2. The first-order valence-electron chi connectivity index (χ1n) is 36.2. The van der Waals surface area contributed by atoms with Gasteiger partial charge in [0.25, 0.3) is 0 Å². The molecule has 0 spiro atoms. The van der Waals surface area contributed by atoms with Gasteiger partial charge in [-0.15, -0.1) is 0 Å². The molecule has 0 aromatic carbocycles. The summed E-state index contributed by atoms with van der Waals surface area (Å²) in [4.78, 5) is 72.3. The Morgan fingerprint density at radius 3 is 0.807 bits per heavy atom. The average molecular weight is 1300 g/mol. The van der Waals surface area contributed by atoms with Gasteiger partial charge < -0.3 is 33.8 Å². The van der Waals surface area contributed by atoms with Gasteiger partial charge in [0.1, 0.15) is 19.3 Å².